The Morgan fingerprint density at radius 1 is 1.14 bits per heavy atom. The number of nitro benzene ring substituents is 1. The van der Waals surface area contributed by atoms with Crippen molar-refractivity contribution in [2.24, 2.45) is 0 Å². The highest BCUT2D eigenvalue weighted by Gasteiger charge is 2.17. The molecule has 0 spiro atoms. The van der Waals surface area contributed by atoms with Gasteiger partial charge in [0, 0.05) is 34.0 Å². The van der Waals surface area contributed by atoms with Crippen LogP contribution in [0.15, 0.2) is 63.7 Å². The van der Waals surface area contributed by atoms with E-state index in [-0.39, 0.29) is 5.69 Å². The van der Waals surface area contributed by atoms with Crippen molar-refractivity contribution in [1.82, 2.24) is 15.0 Å². The van der Waals surface area contributed by atoms with E-state index in [1.807, 2.05) is 12.1 Å². The van der Waals surface area contributed by atoms with Crippen LogP contribution in [0.3, 0.4) is 0 Å². The quantitative estimate of drug-likeness (QED) is 0.304. The van der Waals surface area contributed by atoms with Crippen LogP contribution in [0.1, 0.15) is 21.4 Å². The van der Waals surface area contributed by atoms with Crippen LogP contribution < -0.4 is 0 Å². The van der Waals surface area contributed by atoms with Gasteiger partial charge in [0.05, 0.1) is 24.3 Å². The average Bonchev–Trinajstić information content (AvgIpc) is 3.45. The maximum absolute atomic E-state index is 11.0. The van der Waals surface area contributed by atoms with Crippen molar-refractivity contribution in [3.63, 3.8) is 0 Å². The van der Waals surface area contributed by atoms with Gasteiger partial charge in [0.1, 0.15) is 5.76 Å². The third kappa shape index (κ3) is 4.76. The number of aryl methyl sites for hydroxylation is 1. The average molecular weight is 410 g/mol. The molecule has 0 aliphatic carbocycles. The molecule has 1 aromatic carbocycles. The predicted octanol–water partition coefficient (Wildman–Crippen LogP) is 4.81. The van der Waals surface area contributed by atoms with E-state index in [4.69, 9.17) is 8.94 Å². The molecule has 0 radical (unpaired) electrons. The van der Waals surface area contributed by atoms with Crippen molar-refractivity contribution >= 4 is 17.0 Å². The molecule has 0 atom stereocenters. The Kier molecular flexibility index (Phi) is 5.50. The Morgan fingerprint density at radius 2 is 2.03 bits per heavy atom. The lowest BCUT2D eigenvalue weighted by Gasteiger charge is -2.18. The first-order valence-electron chi connectivity index (χ1n) is 8.94. The monoisotopic (exact) mass is 410 g/mol. The molecule has 0 aliphatic rings. The molecule has 29 heavy (non-hydrogen) atoms. The molecule has 0 amide bonds. The van der Waals surface area contributed by atoms with Crippen LogP contribution in [-0.2, 0) is 19.6 Å². The first-order chi connectivity index (χ1) is 14.1. The minimum absolute atomic E-state index is 0.0126. The predicted molar refractivity (Wildman–Crippen MR) is 107 cm³/mol. The van der Waals surface area contributed by atoms with E-state index in [0.29, 0.717) is 36.9 Å². The van der Waals surface area contributed by atoms with Crippen LogP contribution in [0.4, 0.5) is 5.69 Å². The Bertz CT molecular complexity index is 1100. The summed E-state index contributed by atoms with van der Waals surface area (Å²) < 4.78 is 10.9. The molecular weight excluding hydrogens is 392 g/mol. The SMILES string of the molecule is Cc1ccc(CN(Cc2ccco2)Cc2nc(-c3cccc([N+](=O)[O-])c3)no2)s1. The zero-order valence-electron chi connectivity index (χ0n) is 15.6. The van der Waals surface area contributed by atoms with Gasteiger partial charge in [-0.2, -0.15) is 4.98 Å². The fourth-order valence-electron chi connectivity index (χ4n) is 2.97. The maximum Gasteiger partial charge on any atom is 0.270 e. The highest BCUT2D eigenvalue weighted by Crippen LogP contribution is 2.23. The summed E-state index contributed by atoms with van der Waals surface area (Å²) >= 11 is 1.74. The number of non-ortho nitro benzene ring substituents is 1. The summed E-state index contributed by atoms with van der Waals surface area (Å²) in [6.07, 6.45) is 1.65. The van der Waals surface area contributed by atoms with Crippen LogP contribution in [0.5, 0.6) is 0 Å². The Morgan fingerprint density at radius 3 is 2.76 bits per heavy atom. The molecule has 0 aliphatic heterocycles. The van der Waals surface area contributed by atoms with E-state index < -0.39 is 4.92 Å². The highest BCUT2D eigenvalue weighted by molar-refractivity contribution is 7.11. The molecular formula is C20H18N4O4S. The van der Waals surface area contributed by atoms with Crippen molar-refractivity contribution in [3.8, 4) is 11.4 Å². The molecule has 4 aromatic rings. The van der Waals surface area contributed by atoms with Gasteiger partial charge in [0.25, 0.3) is 5.69 Å². The van der Waals surface area contributed by atoms with Crippen molar-refractivity contribution in [1.29, 1.82) is 0 Å². The van der Waals surface area contributed by atoms with Crippen molar-refractivity contribution in [2.45, 2.75) is 26.6 Å². The minimum Gasteiger partial charge on any atom is -0.468 e. The number of nitrogens with zero attached hydrogens (tertiary/aromatic N) is 4. The molecule has 9 heteroatoms. The van der Waals surface area contributed by atoms with E-state index in [1.165, 1.54) is 21.9 Å². The van der Waals surface area contributed by atoms with Crippen molar-refractivity contribution < 1.29 is 13.9 Å². The highest BCUT2D eigenvalue weighted by atomic mass is 32.1. The van der Waals surface area contributed by atoms with Gasteiger partial charge in [-0.1, -0.05) is 17.3 Å². The summed E-state index contributed by atoms with van der Waals surface area (Å²) in [6.45, 7) is 3.82. The molecule has 4 rings (SSSR count). The number of thiophene rings is 1. The maximum atomic E-state index is 11.0. The number of hydrogen-bond acceptors (Lipinski definition) is 8. The summed E-state index contributed by atoms with van der Waals surface area (Å²) in [5, 5.41) is 15.0. The molecule has 148 valence electrons. The second-order valence-electron chi connectivity index (χ2n) is 6.56. The summed E-state index contributed by atoms with van der Waals surface area (Å²) in [5.74, 6) is 1.61. The molecule has 0 unspecified atom stereocenters. The zero-order chi connectivity index (χ0) is 20.2. The first kappa shape index (κ1) is 19.0. The fourth-order valence-corrected chi connectivity index (χ4v) is 3.90. The lowest BCUT2D eigenvalue weighted by atomic mass is 10.2. The standard InChI is InChI=1S/C20H18N4O4S/c1-14-7-8-18(29-14)12-23(11-17-6-3-9-27-17)13-19-21-20(22-28-19)15-4-2-5-16(10-15)24(25)26/h2-10H,11-13H2,1H3. The Hall–Kier alpha value is -3.30. The number of hydrogen-bond donors (Lipinski definition) is 0. The van der Waals surface area contributed by atoms with E-state index in [2.05, 4.69) is 34.1 Å². The molecule has 0 bridgehead atoms. The number of furan rings is 1. The number of benzene rings is 1. The number of nitro groups is 1. The van der Waals surface area contributed by atoms with Gasteiger partial charge < -0.3 is 8.94 Å². The lowest BCUT2D eigenvalue weighted by molar-refractivity contribution is -0.384. The molecule has 0 saturated carbocycles. The van der Waals surface area contributed by atoms with Gasteiger partial charge in [0.15, 0.2) is 0 Å². The normalized spacial score (nSPS) is 11.2. The first-order valence-corrected chi connectivity index (χ1v) is 9.76. The molecule has 8 nitrogen and oxygen atoms in total. The minimum atomic E-state index is -0.446. The van der Waals surface area contributed by atoms with Crippen molar-refractivity contribution in [2.75, 3.05) is 0 Å². The molecule has 0 fully saturated rings. The second kappa shape index (κ2) is 8.38. The van der Waals surface area contributed by atoms with Crippen LogP contribution >= 0.6 is 11.3 Å². The lowest BCUT2D eigenvalue weighted by Crippen LogP contribution is -2.21. The topological polar surface area (TPSA) is 98.4 Å². The summed E-state index contributed by atoms with van der Waals surface area (Å²) in [4.78, 5) is 19.6. The van der Waals surface area contributed by atoms with E-state index in [9.17, 15) is 10.1 Å². The Balaban J connectivity index is 1.53. The van der Waals surface area contributed by atoms with E-state index in [1.54, 1.807) is 29.7 Å². The van der Waals surface area contributed by atoms with Gasteiger partial charge in [0.2, 0.25) is 11.7 Å². The van der Waals surface area contributed by atoms with E-state index in [0.717, 1.165) is 5.76 Å². The van der Waals surface area contributed by atoms with Crippen LogP contribution in [0.25, 0.3) is 11.4 Å². The largest absolute Gasteiger partial charge is 0.468 e. The van der Waals surface area contributed by atoms with Gasteiger partial charge in [-0.05, 0) is 31.2 Å². The molecule has 0 saturated heterocycles. The molecule has 3 heterocycles. The summed E-state index contributed by atoms with van der Waals surface area (Å²) in [7, 11) is 0. The Labute approximate surface area is 170 Å². The van der Waals surface area contributed by atoms with Crippen LogP contribution in [-0.4, -0.2) is 20.0 Å². The second-order valence-corrected chi connectivity index (χ2v) is 7.93. The van der Waals surface area contributed by atoms with Gasteiger partial charge in [-0.25, -0.2) is 0 Å². The molecule has 3 aromatic heterocycles. The van der Waals surface area contributed by atoms with Crippen molar-refractivity contribution in [3.05, 3.63) is 86.3 Å². The summed E-state index contributed by atoms with van der Waals surface area (Å²) in [6, 6.07) is 14.2. The third-order valence-corrected chi connectivity index (χ3v) is 5.26. The zero-order valence-corrected chi connectivity index (χ0v) is 16.5. The van der Waals surface area contributed by atoms with Gasteiger partial charge in [-0.3, -0.25) is 15.0 Å². The van der Waals surface area contributed by atoms with Crippen LogP contribution in [0, 0.1) is 17.0 Å². The number of rotatable bonds is 8. The smallest absolute Gasteiger partial charge is 0.270 e. The summed E-state index contributed by atoms with van der Waals surface area (Å²) in [5.41, 5.74) is 0.530. The van der Waals surface area contributed by atoms with Crippen LogP contribution in [0.2, 0.25) is 0 Å². The van der Waals surface area contributed by atoms with Gasteiger partial charge >= 0.3 is 0 Å². The number of aromatic nitrogens is 2. The molecule has 0 N–H and O–H groups in total. The fraction of sp³-hybridized carbons (Fsp3) is 0.200. The van der Waals surface area contributed by atoms with Gasteiger partial charge in [-0.15, -0.1) is 11.3 Å². The van der Waals surface area contributed by atoms with E-state index >= 15 is 0 Å². The third-order valence-electron chi connectivity index (χ3n) is 4.28.